The molecule has 0 aromatic heterocycles. The number of benzene rings is 1. The molecule has 0 saturated carbocycles. The first-order valence-electron chi connectivity index (χ1n) is 4.28. The number of halogens is 2. The van der Waals surface area contributed by atoms with Crippen molar-refractivity contribution in [3.8, 4) is 0 Å². The van der Waals surface area contributed by atoms with Crippen LogP contribution in [0.3, 0.4) is 0 Å². The maximum absolute atomic E-state index is 8.49. The Labute approximate surface area is 128 Å². The van der Waals surface area contributed by atoms with Crippen molar-refractivity contribution in [1.29, 1.82) is 0 Å². The Bertz CT molecular complexity index is 265. The standard InChI is InChI=1S/C9H10Cl2O2.CH3O.Na/c10-8-2-1-3-9(11)7(8)6-13-5-4-12;1-2;/h1-3,12H,4-6H2;1H3;/q;-1;+1. The van der Waals surface area contributed by atoms with Gasteiger partial charge in [-0.15, -0.1) is 0 Å². The SMILES string of the molecule is C[O-].OCCOCc1c(Cl)cccc1Cl.[Na+]. The second-order valence-corrected chi connectivity index (χ2v) is 3.29. The molecule has 3 nitrogen and oxygen atoms in total. The Morgan fingerprint density at radius 1 is 1.25 bits per heavy atom. The average Bonchev–Trinajstić information content (AvgIpc) is 2.25. The molecule has 0 unspecified atom stereocenters. The number of hydrogen-bond acceptors (Lipinski definition) is 3. The second-order valence-electron chi connectivity index (χ2n) is 2.48. The predicted molar refractivity (Wildman–Crippen MR) is 59.1 cm³/mol. The number of hydrogen-bond donors (Lipinski definition) is 1. The molecule has 0 spiro atoms. The Morgan fingerprint density at radius 3 is 2.19 bits per heavy atom. The summed E-state index contributed by atoms with van der Waals surface area (Å²) in [5.74, 6) is 0. The van der Waals surface area contributed by atoms with E-state index in [9.17, 15) is 0 Å². The molecule has 0 heterocycles. The largest absolute Gasteiger partial charge is 1.00 e. The Hall–Kier alpha value is 0.680. The van der Waals surface area contributed by atoms with Gasteiger partial charge in [0.2, 0.25) is 0 Å². The topological polar surface area (TPSA) is 52.5 Å². The number of aliphatic hydroxyl groups is 1. The molecule has 1 aromatic rings. The molecule has 0 bridgehead atoms. The molecule has 0 fully saturated rings. The van der Waals surface area contributed by atoms with Gasteiger partial charge >= 0.3 is 29.6 Å². The molecule has 1 rings (SSSR count). The van der Waals surface area contributed by atoms with Crippen molar-refractivity contribution in [2.75, 3.05) is 20.3 Å². The van der Waals surface area contributed by atoms with Crippen LogP contribution in [0.4, 0.5) is 0 Å². The fourth-order valence-corrected chi connectivity index (χ4v) is 1.42. The van der Waals surface area contributed by atoms with Crippen LogP contribution in [0.5, 0.6) is 0 Å². The zero-order valence-corrected chi connectivity index (χ0v) is 12.9. The fraction of sp³-hybridized carbons (Fsp3) is 0.400. The smallest absolute Gasteiger partial charge is 0.857 e. The molecule has 1 N–H and O–H groups in total. The van der Waals surface area contributed by atoms with Gasteiger partial charge in [0.25, 0.3) is 0 Å². The van der Waals surface area contributed by atoms with E-state index in [0.29, 0.717) is 23.3 Å². The molecule has 0 saturated heterocycles. The molecular formula is C10H13Cl2NaO3. The van der Waals surface area contributed by atoms with Gasteiger partial charge in [0.1, 0.15) is 0 Å². The van der Waals surface area contributed by atoms with Gasteiger partial charge in [-0.05, 0) is 12.1 Å². The molecule has 0 aliphatic carbocycles. The maximum Gasteiger partial charge on any atom is 1.00 e. The Balaban J connectivity index is 0. The summed E-state index contributed by atoms with van der Waals surface area (Å²) in [4.78, 5) is 0. The first-order valence-corrected chi connectivity index (χ1v) is 5.03. The minimum atomic E-state index is 0. The van der Waals surface area contributed by atoms with Crippen LogP contribution >= 0.6 is 23.2 Å². The van der Waals surface area contributed by atoms with Crippen molar-refractivity contribution in [3.05, 3.63) is 33.8 Å². The van der Waals surface area contributed by atoms with Crippen LogP contribution in [0, 0.1) is 0 Å². The summed E-state index contributed by atoms with van der Waals surface area (Å²) < 4.78 is 5.11. The van der Waals surface area contributed by atoms with E-state index >= 15 is 0 Å². The van der Waals surface area contributed by atoms with Gasteiger partial charge in [0, 0.05) is 15.6 Å². The molecule has 0 aliphatic rings. The molecule has 0 atom stereocenters. The molecule has 1 aromatic carbocycles. The second kappa shape index (κ2) is 12.1. The molecule has 16 heavy (non-hydrogen) atoms. The first kappa shape index (κ1) is 19.0. The monoisotopic (exact) mass is 274 g/mol. The minimum absolute atomic E-state index is 0. The van der Waals surface area contributed by atoms with Crippen LogP contribution in [0.1, 0.15) is 5.56 Å². The third-order valence-electron chi connectivity index (χ3n) is 1.54. The minimum Gasteiger partial charge on any atom is -0.857 e. The van der Waals surface area contributed by atoms with Crippen LogP contribution in [-0.2, 0) is 11.3 Å². The third-order valence-corrected chi connectivity index (χ3v) is 2.25. The van der Waals surface area contributed by atoms with Crippen molar-refractivity contribution in [1.82, 2.24) is 0 Å². The average molecular weight is 275 g/mol. The Kier molecular flexibility index (Phi) is 14.4. The number of ether oxygens (including phenoxy) is 1. The quantitative estimate of drug-likeness (QED) is 0.536. The van der Waals surface area contributed by atoms with Crippen LogP contribution in [0.2, 0.25) is 10.0 Å². The summed E-state index contributed by atoms with van der Waals surface area (Å²) in [7, 11) is 0.750. The van der Waals surface area contributed by atoms with Crippen molar-refractivity contribution >= 4 is 23.2 Å². The van der Waals surface area contributed by atoms with E-state index in [1.807, 2.05) is 0 Å². The van der Waals surface area contributed by atoms with Crippen molar-refractivity contribution in [2.24, 2.45) is 0 Å². The van der Waals surface area contributed by atoms with Gasteiger partial charge in [-0.25, -0.2) is 0 Å². The molecule has 0 aliphatic heterocycles. The van der Waals surface area contributed by atoms with E-state index < -0.39 is 0 Å². The molecule has 0 amide bonds. The van der Waals surface area contributed by atoms with E-state index in [1.165, 1.54) is 0 Å². The summed E-state index contributed by atoms with van der Waals surface area (Å²) in [6, 6.07) is 5.29. The van der Waals surface area contributed by atoms with Crippen molar-refractivity contribution in [2.45, 2.75) is 6.61 Å². The summed E-state index contributed by atoms with van der Waals surface area (Å²) in [6.45, 7) is 0.628. The molecule has 86 valence electrons. The van der Waals surface area contributed by atoms with E-state index in [-0.39, 0.29) is 36.2 Å². The zero-order valence-electron chi connectivity index (χ0n) is 9.37. The van der Waals surface area contributed by atoms with Crippen LogP contribution in [-0.4, -0.2) is 25.4 Å². The number of aliphatic hydroxyl groups excluding tert-OH is 1. The van der Waals surface area contributed by atoms with Gasteiger partial charge in [-0.1, -0.05) is 29.3 Å². The normalized spacial score (nSPS) is 8.81. The zero-order chi connectivity index (χ0) is 11.7. The molecule has 0 radical (unpaired) electrons. The van der Waals surface area contributed by atoms with Gasteiger partial charge < -0.3 is 14.9 Å². The third kappa shape index (κ3) is 7.09. The summed E-state index contributed by atoms with van der Waals surface area (Å²) >= 11 is 11.8. The fourth-order valence-electron chi connectivity index (χ4n) is 0.909. The van der Waals surface area contributed by atoms with Gasteiger partial charge in [-0.3, -0.25) is 0 Å². The van der Waals surface area contributed by atoms with E-state index in [1.54, 1.807) is 18.2 Å². The van der Waals surface area contributed by atoms with E-state index in [4.69, 9.17) is 38.2 Å². The van der Waals surface area contributed by atoms with Crippen molar-refractivity contribution in [3.63, 3.8) is 0 Å². The molecule has 6 heteroatoms. The van der Waals surface area contributed by atoms with Gasteiger partial charge in [0.05, 0.1) is 19.8 Å². The number of rotatable bonds is 4. The Morgan fingerprint density at radius 2 is 1.75 bits per heavy atom. The van der Waals surface area contributed by atoms with E-state index in [2.05, 4.69) is 0 Å². The summed E-state index contributed by atoms with van der Waals surface area (Å²) in [5, 5.41) is 17.9. The van der Waals surface area contributed by atoms with Crippen LogP contribution in [0.25, 0.3) is 0 Å². The van der Waals surface area contributed by atoms with Crippen LogP contribution < -0.4 is 34.7 Å². The van der Waals surface area contributed by atoms with Crippen molar-refractivity contribution < 1.29 is 44.5 Å². The summed E-state index contributed by atoms with van der Waals surface area (Å²) in [5.41, 5.74) is 0.763. The first-order chi connectivity index (χ1) is 7.25. The molecular weight excluding hydrogens is 262 g/mol. The maximum atomic E-state index is 8.49. The van der Waals surface area contributed by atoms with Gasteiger partial charge in [-0.2, -0.15) is 7.11 Å². The predicted octanol–water partition coefficient (Wildman–Crippen LogP) is -1.52. The van der Waals surface area contributed by atoms with Crippen LogP contribution in [0.15, 0.2) is 18.2 Å². The van der Waals surface area contributed by atoms with Gasteiger partial charge in [0.15, 0.2) is 0 Å². The summed E-state index contributed by atoms with van der Waals surface area (Å²) in [6.07, 6.45) is 0. The van der Waals surface area contributed by atoms with E-state index in [0.717, 1.165) is 12.7 Å².